The summed E-state index contributed by atoms with van der Waals surface area (Å²) >= 11 is 0. The maximum Gasteiger partial charge on any atom is 0.338 e. The van der Waals surface area contributed by atoms with Gasteiger partial charge in [-0.05, 0) is 24.3 Å². The zero-order valence-electron chi connectivity index (χ0n) is 17.4. The Balaban J connectivity index is 1.62. The molecule has 3 atom stereocenters. The van der Waals surface area contributed by atoms with Crippen molar-refractivity contribution in [3.05, 3.63) is 105 Å². The molecule has 0 radical (unpaired) electrons. The van der Waals surface area contributed by atoms with E-state index in [-0.39, 0.29) is 11.1 Å². The van der Waals surface area contributed by atoms with Gasteiger partial charge in [-0.2, -0.15) is 8.78 Å². The Labute approximate surface area is 190 Å². The molecule has 0 aliphatic carbocycles. The van der Waals surface area contributed by atoms with Crippen molar-refractivity contribution in [2.45, 2.75) is 24.4 Å². The molecule has 0 bridgehead atoms. The van der Waals surface area contributed by atoms with E-state index in [1.807, 2.05) is 4.98 Å². The molecule has 34 heavy (non-hydrogen) atoms. The first-order valence-corrected chi connectivity index (χ1v) is 10.1. The van der Waals surface area contributed by atoms with Crippen LogP contribution in [0.25, 0.3) is 0 Å². The van der Waals surface area contributed by atoms with Gasteiger partial charge in [0.25, 0.3) is 5.56 Å². The second-order valence-electron chi connectivity index (χ2n) is 7.38. The first kappa shape index (κ1) is 23.1. The summed E-state index contributed by atoms with van der Waals surface area (Å²) in [6.07, 6.45) is -5.20. The zero-order chi connectivity index (χ0) is 24.3. The molecule has 1 N–H and O–H groups in total. The molecule has 1 aliphatic rings. The lowest BCUT2D eigenvalue weighted by atomic mass is 10.1. The van der Waals surface area contributed by atoms with E-state index in [1.165, 1.54) is 36.4 Å². The Bertz CT molecular complexity index is 1290. The van der Waals surface area contributed by atoms with Gasteiger partial charge in [0.1, 0.15) is 12.7 Å². The molecule has 176 valence electrons. The van der Waals surface area contributed by atoms with E-state index in [2.05, 4.69) is 0 Å². The van der Waals surface area contributed by atoms with Crippen molar-refractivity contribution in [2.24, 2.45) is 0 Å². The number of nitrogens with zero attached hydrogens (tertiary/aromatic N) is 1. The van der Waals surface area contributed by atoms with Crippen LogP contribution in [-0.4, -0.2) is 46.2 Å². The number of rotatable bonds is 6. The summed E-state index contributed by atoms with van der Waals surface area (Å²) in [5.74, 6) is -5.77. The Kier molecular flexibility index (Phi) is 6.37. The fraction of sp³-hybridized carbons (Fsp3) is 0.217. The number of carbonyl (C=O) groups excluding carboxylic acids is 2. The van der Waals surface area contributed by atoms with Crippen LogP contribution in [0.1, 0.15) is 26.9 Å². The van der Waals surface area contributed by atoms with Gasteiger partial charge in [0, 0.05) is 12.3 Å². The number of carbonyl (C=O) groups is 2. The number of nitrogens with one attached hydrogen (secondary N) is 1. The number of hydrogen-bond acceptors (Lipinski definition) is 7. The third kappa shape index (κ3) is 4.64. The number of hydrogen-bond donors (Lipinski definition) is 1. The molecule has 2 aromatic carbocycles. The fourth-order valence-electron chi connectivity index (χ4n) is 3.43. The number of aromatic nitrogens is 2. The van der Waals surface area contributed by atoms with Crippen molar-refractivity contribution in [3.8, 4) is 0 Å². The summed E-state index contributed by atoms with van der Waals surface area (Å²) in [6.45, 7) is -0.690. The Morgan fingerprint density at radius 2 is 1.53 bits per heavy atom. The molecule has 4 rings (SSSR count). The number of benzene rings is 2. The summed E-state index contributed by atoms with van der Waals surface area (Å²) < 4.78 is 46.9. The lowest BCUT2D eigenvalue weighted by molar-refractivity contribution is -0.142. The molecule has 0 spiro atoms. The first-order chi connectivity index (χ1) is 16.3. The van der Waals surface area contributed by atoms with E-state index in [0.717, 1.165) is 12.3 Å². The Morgan fingerprint density at radius 1 is 0.941 bits per heavy atom. The molecular formula is C23H18F2N2O7. The van der Waals surface area contributed by atoms with Gasteiger partial charge in [0.05, 0.1) is 11.1 Å². The molecule has 9 nitrogen and oxygen atoms in total. The van der Waals surface area contributed by atoms with Gasteiger partial charge in [-0.3, -0.25) is 14.3 Å². The second-order valence-corrected chi connectivity index (χ2v) is 7.38. The fourth-order valence-corrected chi connectivity index (χ4v) is 3.43. The van der Waals surface area contributed by atoms with E-state index in [0.29, 0.717) is 4.57 Å². The van der Waals surface area contributed by atoms with Gasteiger partial charge in [-0.1, -0.05) is 36.4 Å². The molecule has 1 aliphatic heterocycles. The molecule has 2 heterocycles. The van der Waals surface area contributed by atoms with Crippen molar-refractivity contribution >= 4 is 11.9 Å². The van der Waals surface area contributed by atoms with Crippen molar-refractivity contribution in [1.82, 2.24) is 9.55 Å². The van der Waals surface area contributed by atoms with Crippen molar-refractivity contribution in [1.29, 1.82) is 0 Å². The highest BCUT2D eigenvalue weighted by Crippen LogP contribution is 2.44. The zero-order valence-corrected chi connectivity index (χ0v) is 17.4. The minimum atomic E-state index is -3.92. The van der Waals surface area contributed by atoms with Crippen LogP contribution in [0, 0.1) is 0 Å². The number of esters is 2. The largest absolute Gasteiger partial charge is 0.459 e. The van der Waals surface area contributed by atoms with Crippen LogP contribution in [0.5, 0.6) is 0 Å². The highest BCUT2D eigenvalue weighted by molar-refractivity contribution is 5.90. The highest BCUT2D eigenvalue weighted by Gasteiger charge is 2.62. The van der Waals surface area contributed by atoms with E-state index in [1.54, 1.807) is 24.3 Å². The lowest BCUT2D eigenvalue weighted by Gasteiger charge is -2.24. The van der Waals surface area contributed by atoms with Crippen molar-refractivity contribution < 1.29 is 32.6 Å². The quantitative estimate of drug-likeness (QED) is 0.547. The van der Waals surface area contributed by atoms with Gasteiger partial charge < -0.3 is 14.2 Å². The molecule has 1 unspecified atom stereocenters. The number of halogens is 2. The molecule has 3 aromatic rings. The molecule has 0 saturated carbocycles. The molecule has 1 saturated heterocycles. The van der Waals surface area contributed by atoms with E-state index in [4.69, 9.17) is 14.2 Å². The number of aromatic amines is 1. The maximum absolute atomic E-state index is 15.4. The Hall–Kier alpha value is -4.12. The predicted molar refractivity (Wildman–Crippen MR) is 113 cm³/mol. The summed E-state index contributed by atoms with van der Waals surface area (Å²) in [5, 5.41) is 0. The topological polar surface area (TPSA) is 117 Å². The van der Waals surface area contributed by atoms with Crippen LogP contribution < -0.4 is 11.2 Å². The number of ether oxygens (including phenoxy) is 3. The summed E-state index contributed by atoms with van der Waals surface area (Å²) in [6, 6.07) is 16.1. The van der Waals surface area contributed by atoms with Crippen LogP contribution >= 0.6 is 0 Å². The second kappa shape index (κ2) is 9.40. The lowest BCUT2D eigenvalue weighted by Crippen LogP contribution is -2.45. The molecule has 1 aromatic heterocycles. The highest BCUT2D eigenvalue weighted by atomic mass is 19.3. The summed E-state index contributed by atoms with van der Waals surface area (Å²) in [4.78, 5) is 50.1. The predicted octanol–water partition coefficient (Wildman–Crippen LogP) is 2.15. The van der Waals surface area contributed by atoms with Gasteiger partial charge in [-0.15, -0.1) is 0 Å². The van der Waals surface area contributed by atoms with E-state index in [9.17, 15) is 19.2 Å². The van der Waals surface area contributed by atoms with Gasteiger partial charge in [0.15, 0.2) is 6.10 Å². The van der Waals surface area contributed by atoms with Crippen LogP contribution in [0.15, 0.2) is 82.5 Å². The summed E-state index contributed by atoms with van der Waals surface area (Å²) in [7, 11) is 0. The van der Waals surface area contributed by atoms with E-state index >= 15 is 8.78 Å². The average molecular weight is 472 g/mol. The van der Waals surface area contributed by atoms with Gasteiger partial charge >= 0.3 is 23.6 Å². The summed E-state index contributed by atoms with van der Waals surface area (Å²) in [5.41, 5.74) is -1.74. The normalized spacial score (nSPS) is 21.1. The van der Waals surface area contributed by atoms with Gasteiger partial charge in [0.2, 0.25) is 6.23 Å². The molecule has 0 amide bonds. The number of H-pyrrole nitrogens is 1. The first-order valence-electron chi connectivity index (χ1n) is 10.1. The SMILES string of the molecule is O=C(OC[C@H]1O[C@H](n2ccc(=O)[nH]c2=O)C(F)(F)C1OC(=O)c1ccccc1)c1ccccc1. The molecular weight excluding hydrogens is 454 g/mol. The minimum absolute atomic E-state index is 0.0167. The smallest absolute Gasteiger partial charge is 0.338 e. The minimum Gasteiger partial charge on any atom is -0.459 e. The van der Waals surface area contributed by atoms with Crippen molar-refractivity contribution in [3.63, 3.8) is 0 Å². The monoisotopic (exact) mass is 472 g/mol. The van der Waals surface area contributed by atoms with Crippen LogP contribution in [0.2, 0.25) is 0 Å². The van der Waals surface area contributed by atoms with Gasteiger partial charge in [-0.25, -0.2) is 14.4 Å². The third-order valence-corrected chi connectivity index (χ3v) is 5.09. The standard InChI is InChI=1S/C23H18F2N2O7/c24-23(25)18(34-20(30)15-9-5-2-6-10-15)16(13-32-19(29)14-7-3-1-4-8-14)33-21(23)27-12-11-17(28)26-22(27)31/h1-12,16,18,21H,13H2,(H,26,28,31)/t16-,18?,21+/m1/s1. The molecule has 1 fully saturated rings. The molecule has 11 heteroatoms. The average Bonchev–Trinajstić information content (AvgIpc) is 3.08. The third-order valence-electron chi connectivity index (χ3n) is 5.09. The van der Waals surface area contributed by atoms with Crippen LogP contribution in [-0.2, 0) is 14.2 Å². The Morgan fingerprint density at radius 3 is 2.12 bits per heavy atom. The van der Waals surface area contributed by atoms with Crippen LogP contribution in [0.3, 0.4) is 0 Å². The van der Waals surface area contributed by atoms with E-state index < -0.39 is 54.2 Å². The maximum atomic E-state index is 15.4. The van der Waals surface area contributed by atoms with Crippen molar-refractivity contribution in [2.75, 3.05) is 6.61 Å². The van der Waals surface area contributed by atoms with Crippen LogP contribution in [0.4, 0.5) is 8.78 Å². The number of alkyl halides is 2.